The van der Waals surface area contributed by atoms with Crippen LogP contribution in [0.5, 0.6) is 11.5 Å². The topological polar surface area (TPSA) is 69.2 Å². The van der Waals surface area contributed by atoms with Crippen molar-refractivity contribution in [2.75, 3.05) is 12.1 Å². The van der Waals surface area contributed by atoms with Gasteiger partial charge in [0.15, 0.2) is 11.5 Å². The second-order valence-electron chi connectivity index (χ2n) is 6.75. The van der Waals surface area contributed by atoms with Gasteiger partial charge in [0.1, 0.15) is 5.82 Å². The largest absolute Gasteiger partial charge is 0.454 e. The van der Waals surface area contributed by atoms with E-state index in [4.69, 9.17) is 14.5 Å². The lowest BCUT2D eigenvalue weighted by molar-refractivity contribution is 0.174. The normalized spacial score (nSPS) is 12.0. The molecule has 0 spiro atoms. The third kappa shape index (κ3) is 3.65. The van der Waals surface area contributed by atoms with Crippen LogP contribution in [-0.2, 0) is 6.54 Å². The Morgan fingerprint density at radius 1 is 0.933 bits per heavy atom. The zero-order valence-corrected chi connectivity index (χ0v) is 15.9. The SMILES string of the molecule is Fc1cccc(CNc2ncc(-c3ccc4c(c3)OCO4)c(-c3cccnc3)n2)c1. The number of pyridine rings is 1. The van der Waals surface area contributed by atoms with E-state index in [-0.39, 0.29) is 12.6 Å². The van der Waals surface area contributed by atoms with Gasteiger partial charge in [0.25, 0.3) is 0 Å². The van der Waals surface area contributed by atoms with E-state index in [1.165, 1.54) is 12.1 Å². The summed E-state index contributed by atoms with van der Waals surface area (Å²) in [4.78, 5) is 13.4. The Bertz CT molecular complexity index is 1200. The summed E-state index contributed by atoms with van der Waals surface area (Å²) in [6.07, 6.45) is 5.24. The summed E-state index contributed by atoms with van der Waals surface area (Å²) in [6.45, 7) is 0.626. The number of aromatic nitrogens is 3. The standard InChI is InChI=1S/C23H17FN4O2/c24-18-5-1-3-15(9-18)11-26-23-27-13-19(22(28-23)17-4-2-8-25-12-17)16-6-7-20-21(10-16)30-14-29-20/h1-10,12-13H,11,14H2,(H,26,27,28). The van der Waals surface area contributed by atoms with Crippen molar-refractivity contribution in [1.29, 1.82) is 0 Å². The van der Waals surface area contributed by atoms with Gasteiger partial charge < -0.3 is 14.8 Å². The molecule has 6 nitrogen and oxygen atoms in total. The summed E-state index contributed by atoms with van der Waals surface area (Å²) in [7, 11) is 0. The molecule has 0 fully saturated rings. The third-order valence-electron chi connectivity index (χ3n) is 4.75. The molecule has 4 aromatic rings. The van der Waals surface area contributed by atoms with Gasteiger partial charge in [0.2, 0.25) is 12.7 Å². The number of anilines is 1. The fraction of sp³-hybridized carbons (Fsp3) is 0.0870. The molecule has 2 aromatic heterocycles. The molecule has 0 amide bonds. The molecule has 0 bridgehead atoms. The molecule has 1 N–H and O–H groups in total. The second kappa shape index (κ2) is 7.79. The van der Waals surface area contributed by atoms with E-state index in [1.807, 2.05) is 36.4 Å². The highest BCUT2D eigenvalue weighted by atomic mass is 19.1. The summed E-state index contributed by atoms with van der Waals surface area (Å²) in [5, 5.41) is 3.16. The van der Waals surface area contributed by atoms with E-state index in [2.05, 4.69) is 15.3 Å². The van der Waals surface area contributed by atoms with Crippen LogP contribution in [-0.4, -0.2) is 21.7 Å². The molecule has 1 aliphatic heterocycles. The van der Waals surface area contributed by atoms with Crippen molar-refractivity contribution in [1.82, 2.24) is 15.0 Å². The third-order valence-corrected chi connectivity index (χ3v) is 4.75. The van der Waals surface area contributed by atoms with Crippen molar-refractivity contribution < 1.29 is 13.9 Å². The maximum absolute atomic E-state index is 13.4. The Labute approximate surface area is 172 Å². The summed E-state index contributed by atoms with van der Waals surface area (Å²) in [5.41, 5.74) is 4.16. The molecule has 30 heavy (non-hydrogen) atoms. The average molecular weight is 400 g/mol. The zero-order valence-electron chi connectivity index (χ0n) is 15.9. The maximum Gasteiger partial charge on any atom is 0.231 e. The highest BCUT2D eigenvalue weighted by Crippen LogP contribution is 2.38. The van der Waals surface area contributed by atoms with Gasteiger partial charge in [-0.3, -0.25) is 4.98 Å². The molecule has 0 saturated heterocycles. The molecular formula is C23H17FN4O2. The van der Waals surface area contributed by atoms with Crippen LogP contribution in [0.25, 0.3) is 22.4 Å². The first-order chi connectivity index (χ1) is 14.8. The molecule has 0 atom stereocenters. The lowest BCUT2D eigenvalue weighted by Crippen LogP contribution is -2.05. The van der Waals surface area contributed by atoms with E-state index in [0.29, 0.717) is 18.2 Å². The summed E-state index contributed by atoms with van der Waals surface area (Å²) >= 11 is 0. The van der Waals surface area contributed by atoms with E-state index >= 15 is 0 Å². The number of nitrogens with zero attached hydrogens (tertiary/aromatic N) is 3. The first-order valence-corrected chi connectivity index (χ1v) is 9.42. The molecule has 7 heteroatoms. The molecule has 2 aromatic carbocycles. The molecule has 3 heterocycles. The van der Waals surface area contributed by atoms with Crippen molar-refractivity contribution >= 4 is 5.95 Å². The van der Waals surface area contributed by atoms with Crippen molar-refractivity contribution in [2.24, 2.45) is 0 Å². The average Bonchev–Trinajstić information content (AvgIpc) is 3.26. The predicted octanol–water partition coefficient (Wildman–Crippen LogP) is 4.69. The van der Waals surface area contributed by atoms with Gasteiger partial charge in [-0.15, -0.1) is 0 Å². The predicted molar refractivity (Wildman–Crippen MR) is 111 cm³/mol. The van der Waals surface area contributed by atoms with Crippen molar-refractivity contribution in [3.8, 4) is 33.9 Å². The van der Waals surface area contributed by atoms with Crippen LogP contribution in [0, 0.1) is 5.82 Å². The molecule has 148 valence electrons. The lowest BCUT2D eigenvalue weighted by atomic mass is 10.0. The Hall–Kier alpha value is -4.00. The quantitative estimate of drug-likeness (QED) is 0.524. The summed E-state index contributed by atoms with van der Waals surface area (Å²) in [6, 6.07) is 16.0. The second-order valence-corrected chi connectivity index (χ2v) is 6.75. The van der Waals surface area contributed by atoms with Gasteiger partial charge in [-0.2, -0.15) is 0 Å². The Morgan fingerprint density at radius 3 is 2.73 bits per heavy atom. The number of nitrogens with one attached hydrogen (secondary N) is 1. The van der Waals surface area contributed by atoms with E-state index in [9.17, 15) is 4.39 Å². The van der Waals surface area contributed by atoms with Crippen molar-refractivity contribution in [3.05, 3.63) is 84.6 Å². The summed E-state index contributed by atoms with van der Waals surface area (Å²) in [5.74, 6) is 1.58. The van der Waals surface area contributed by atoms with E-state index in [0.717, 1.165) is 33.7 Å². The van der Waals surface area contributed by atoms with Gasteiger partial charge in [-0.05, 0) is 47.5 Å². The van der Waals surface area contributed by atoms with Crippen LogP contribution in [0.2, 0.25) is 0 Å². The van der Waals surface area contributed by atoms with Crippen LogP contribution in [0.1, 0.15) is 5.56 Å². The van der Waals surface area contributed by atoms with Crippen LogP contribution in [0.4, 0.5) is 10.3 Å². The number of hydrogen-bond acceptors (Lipinski definition) is 6. The minimum absolute atomic E-state index is 0.216. The molecule has 5 rings (SSSR count). The van der Waals surface area contributed by atoms with Crippen LogP contribution in [0.3, 0.4) is 0 Å². The molecule has 0 aliphatic carbocycles. The number of halogens is 1. The Balaban J connectivity index is 1.51. The highest BCUT2D eigenvalue weighted by molar-refractivity contribution is 5.81. The van der Waals surface area contributed by atoms with Gasteiger partial charge >= 0.3 is 0 Å². The van der Waals surface area contributed by atoms with E-state index in [1.54, 1.807) is 24.7 Å². The number of ether oxygens (including phenoxy) is 2. The lowest BCUT2D eigenvalue weighted by Gasteiger charge is -2.12. The molecular weight excluding hydrogens is 383 g/mol. The Morgan fingerprint density at radius 2 is 1.87 bits per heavy atom. The minimum Gasteiger partial charge on any atom is -0.454 e. The molecule has 0 unspecified atom stereocenters. The minimum atomic E-state index is -0.274. The van der Waals surface area contributed by atoms with Crippen molar-refractivity contribution in [2.45, 2.75) is 6.54 Å². The van der Waals surface area contributed by atoms with Crippen LogP contribution >= 0.6 is 0 Å². The number of hydrogen-bond donors (Lipinski definition) is 1. The van der Waals surface area contributed by atoms with Gasteiger partial charge in [0.05, 0.1) is 5.69 Å². The van der Waals surface area contributed by atoms with Crippen LogP contribution in [0.15, 0.2) is 73.2 Å². The molecule has 1 aliphatic rings. The fourth-order valence-electron chi connectivity index (χ4n) is 3.29. The first-order valence-electron chi connectivity index (χ1n) is 9.42. The van der Waals surface area contributed by atoms with Crippen LogP contribution < -0.4 is 14.8 Å². The smallest absolute Gasteiger partial charge is 0.231 e. The first kappa shape index (κ1) is 18.1. The van der Waals surface area contributed by atoms with Gasteiger partial charge in [-0.1, -0.05) is 18.2 Å². The van der Waals surface area contributed by atoms with Gasteiger partial charge in [-0.25, -0.2) is 14.4 Å². The highest BCUT2D eigenvalue weighted by Gasteiger charge is 2.17. The summed E-state index contributed by atoms with van der Waals surface area (Å²) < 4.78 is 24.3. The van der Waals surface area contributed by atoms with Gasteiger partial charge in [0, 0.05) is 36.3 Å². The van der Waals surface area contributed by atoms with E-state index < -0.39 is 0 Å². The molecule has 0 saturated carbocycles. The monoisotopic (exact) mass is 400 g/mol. The zero-order chi connectivity index (χ0) is 20.3. The maximum atomic E-state index is 13.4. The fourth-order valence-corrected chi connectivity index (χ4v) is 3.29. The number of benzene rings is 2. The Kier molecular flexibility index (Phi) is 4.69. The number of fused-ring (bicyclic) bond motifs is 1. The van der Waals surface area contributed by atoms with Crippen molar-refractivity contribution in [3.63, 3.8) is 0 Å². The molecule has 0 radical (unpaired) electrons. The number of rotatable bonds is 5.